The number of rotatable bonds is 5. The second-order valence-corrected chi connectivity index (χ2v) is 11.6. The Bertz CT molecular complexity index is 1070. The molecule has 0 saturated carbocycles. The molecule has 172 valence electrons. The zero-order valence-corrected chi connectivity index (χ0v) is 20.0. The fourth-order valence-electron chi connectivity index (χ4n) is 4.58. The van der Waals surface area contributed by atoms with E-state index in [-0.39, 0.29) is 22.8 Å². The average Bonchev–Trinajstić information content (AvgIpc) is 3.27. The van der Waals surface area contributed by atoms with Gasteiger partial charge in [0.1, 0.15) is 0 Å². The van der Waals surface area contributed by atoms with E-state index in [4.69, 9.17) is 0 Å². The van der Waals surface area contributed by atoms with E-state index in [9.17, 15) is 13.2 Å². The smallest absolute Gasteiger partial charge is 0.241 e. The van der Waals surface area contributed by atoms with E-state index in [1.807, 2.05) is 12.1 Å². The van der Waals surface area contributed by atoms with Crippen molar-refractivity contribution >= 4 is 15.9 Å². The molecule has 0 aromatic heterocycles. The summed E-state index contributed by atoms with van der Waals surface area (Å²) in [6.45, 7) is 9.28. The standard InChI is InChI=1S/C25H33N3O3S/c1-25(2,3)21-8-10-23(11-9-21)32(30,31)26-16-24(29)28-15-13-22(18-28)27-14-12-19-6-4-5-7-20(19)17-27/h4-11,22,26H,12-18H2,1-3H3. The molecular formula is C25H33N3O3S. The highest BCUT2D eigenvalue weighted by Gasteiger charge is 2.32. The number of fused-ring (bicyclic) bond motifs is 1. The van der Waals surface area contributed by atoms with Crippen molar-refractivity contribution in [2.45, 2.75) is 56.5 Å². The molecule has 2 aromatic rings. The summed E-state index contributed by atoms with van der Waals surface area (Å²) in [5, 5.41) is 0. The number of carbonyl (C=O) groups is 1. The Morgan fingerprint density at radius 1 is 1.03 bits per heavy atom. The number of hydrogen-bond acceptors (Lipinski definition) is 4. The fraction of sp³-hybridized carbons (Fsp3) is 0.480. The number of nitrogens with one attached hydrogen (secondary N) is 1. The molecule has 4 rings (SSSR count). The quantitative estimate of drug-likeness (QED) is 0.753. The van der Waals surface area contributed by atoms with E-state index in [1.54, 1.807) is 17.0 Å². The average molecular weight is 456 g/mol. The lowest BCUT2D eigenvalue weighted by atomic mass is 9.87. The van der Waals surface area contributed by atoms with Crippen molar-refractivity contribution in [3.63, 3.8) is 0 Å². The van der Waals surface area contributed by atoms with Crippen LogP contribution in [0.2, 0.25) is 0 Å². The largest absolute Gasteiger partial charge is 0.340 e. The monoisotopic (exact) mass is 455 g/mol. The van der Waals surface area contributed by atoms with E-state index in [0.717, 1.165) is 31.5 Å². The summed E-state index contributed by atoms with van der Waals surface area (Å²) >= 11 is 0. The molecule has 32 heavy (non-hydrogen) atoms. The minimum atomic E-state index is -3.72. The first-order valence-corrected chi connectivity index (χ1v) is 12.8. The summed E-state index contributed by atoms with van der Waals surface area (Å²) in [6, 6.07) is 15.7. The van der Waals surface area contributed by atoms with Gasteiger partial charge in [-0.05, 0) is 47.1 Å². The van der Waals surface area contributed by atoms with Crippen molar-refractivity contribution in [1.29, 1.82) is 0 Å². The van der Waals surface area contributed by atoms with Crippen LogP contribution in [0.3, 0.4) is 0 Å². The Balaban J connectivity index is 1.31. The van der Waals surface area contributed by atoms with Gasteiger partial charge in [-0.15, -0.1) is 0 Å². The molecule has 1 unspecified atom stereocenters. The maximum atomic E-state index is 12.7. The number of nitrogens with zero attached hydrogens (tertiary/aromatic N) is 2. The Morgan fingerprint density at radius 3 is 2.41 bits per heavy atom. The van der Waals surface area contributed by atoms with Crippen LogP contribution < -0.4 is 4.72 Å². The highest BCUT2D eigenvalue weighted by atomic mass is 32.2. The van der Waals surface area contributed by atoms with Gasteiger partial charge in [0.2, 0.25) is 15.9 Å². The molecule has 0 radical (unpaired) electrons. The Morgan fingerprint density at radius 2 is 1.72 bits per heavy atom. The molecule has 0 aliphatic carbocycles. The maximum absolute atomic E-state index is 12.7. The van der Waals surface area contributed by atoms with Gasteiger partial charge in [-0.2, -0.15) is 0 Å². The van der Waals surface area contributed by atoms with Gasteiger partial charge in [0, 0.05) is 32.2 Å². The maximum Gasteiger partial charge on any atom is 0.241 e. The third-order valence-electron chi connectivity index (χ3n) is 6.64. The summed E-state index contributed by atoms with van der Waals surface area (Å²) in [4.78, 5) is 17.1. The van der Waals surface area contributed by atoms with Crippen LogP contribution >= 0.6 is 0 Å². The molecule has 1 amide bonds. The van der Waals surface area contributed by atoms with Crippen molar-refractivity contribution in [1.82, 2.24) is 14.5 Å². The first kappa shape index (κ1) is 23.0. The summed E-state index contributed by atoms with van der Waals surface area (Å²) in [5.41, 5.74) is 3.80. The molecule has 2 aliphatic heterocycles. The zero-order valence-electron chi connectivity index (χ0n) is 19.2. The Labute approximate surface area is 191 Å². The predicted molar refractivity (Wildman–Crippen MR) is 126 cm³/mol. The topological polar surface area (TPSA) is 69.7 Å². The fourth-order valence-corrected chi connectivity index (χ4v) is 5.56. The lowest BCUT2D eigenvalue weighted by Gasteiger charge is -2.33. The molecular weight excluding hydrogens is 422 g/mol. The predicted octanol–water partition coefficient (Wildman–Crippen LogP) is 2.92. The van der Waals surface area contributed by atoms with Crippen molar-refractivity contribution in [2.75, 3.05) is 26.2 Å². The van der Waals surface area contributed by atoms with Crippen LogP contribution in [-0.4, -0.2) is 56.3 Å². The van der Waals surface area contributed by atoms with Crippen molar-refractivity contribution in [2.24, 2.45) is 0 Å². The van der Waals surface area contributed by atoms with Crippen LogP contribution in [0.15, 0.2) is 53.4 Å². The van der Waals surface area contributed by atoms with Gasteiger partial charge in [0.05, 0.1) is 11.4 Å². The van der Waals surface area contributed by atoms with Gasteiger partial charge in [0.15, 0.2) is 0 Å². The zero-order chi connectivity index (χ0) is 22.9. The molecule has 1 atom stereocenters. The van der Waals surface area contributed by atoms with Gasteiger partial charge >= 0.3 is 0 Å². The number of benzene rings is 2. The molecule has 7 heteroatoms. The number of likely N-dealkylation sites (tertiary alicyclic amines) is 1. The first-order valence-electron chi connectivity index (χ1n) is 11.3. The summed E-state index contributed by atoms with van der Waals surface area (Å²) in [7, 11) is -3.72. The minimum absolute atomic E-state index is 0.0472. The summed E-state index contributed by atoms with van der Waals surface area (Å²) in [6.07, 6.45) is 1.96. The van der Waals surface area contributed by atoms with Gasteiger partial charge in [0.25, 0.3) is 0 Å². The normalized spacial score (nSPS) is 19.7. The number of amides is 1. The minimum Gasteiger partial charge on any atom is -0.340 e. The summed E-state index contributed by atoms with van der Waals surface area (Å²) in [5.74, 6) is -0.167. The molecule has 1 saturated heterocycles. The SMILES string of the molecule is CC(C)(C)c1ccc(S(=O)(=O)NCC(=O)N2CCC(N3CCc4ccccc4C3)C2)cc1. The van der Waals surface area contributed by atoms with Crippen LogP contribution in [-0.2, 0) is 33.2 Å². The lowest BCUT2D eigenvalue weighted by Crippen LogP contribution is -2.43. The van der Waals surface area contributed by atoms with Gasteiger partial charge in [-0.1, -0.05) is 57.2 Å². The molecule has 2 aliphatic rings. The Kier molecular flexibility index (Phi) is 6.43. The first-order chi connectivity index (χ1) is 15.1. The van der Waals surface area contributed by atoms with Gasteiger partial charge < -0.3 is 4.90 Å². The van der Waals surface area contributed by atoms with E-state index in [0.29, 0.717) is 19.1 Å². The lowest BCUT2D eigenvalue weighted by molar-refractivity contribution is -0.129. The Hall–Kier alpha value is -2.22. The molecule has 6 nitrogen and oxygen atoms in total. The molecule has 1 fully saturated rings. The number of carbonyl (C=O) groups excluding carboxylic acids is 1. The molecule has 2 heterocycles. The van der Waals surface area contributed by atoms with Crippen LogP contribution in [0.25, 0.3) is 0 Å². The van der Waals surface area contributed by atoms with E-state index >= 15 is 0 Å². The molecule has 1 N–H and O–H groups in total. The third-order valence-corrected chi connectivity index (χ3v) is 8.05. The molecule has 0 spiro atoms. The van der Waals surface area contributed by atoms with Crippen molar-refractivity contribution < 1.29 is 13.2 Å². The van der Waals surface area contributed by atoms with Crippen molar-refractivity contribution in [3.8, 4) is 0 Å². The van der Waals surface area contributed by atoms with Crippen LogP contribution in [0.4, 0.5) is 0 Å². The van der Waals surface area contributed by atoms with Crippen LogP contribution in [0, 0.1) is 0 Å². The second kappa shape index (κ2) is 8.96. The van der Waals surface area contributed by atoms with Crippen LogP contribution in [0.1, 0.15) is 43.9 Å². The van der Waals surface area contributed by atoms with E-state index in [2.05, 4.69) is 54.7 Å². The molecule has 0 bridgehead atoms. The number of sulfonamides is 1. The van der Waals surface area contributed by atoms with E-state index in [1.165, 1.54) is 11.1 Å². The second-order valence-electron chi connectivity index (χ2n) is 9.87. The summed E-state index contributed by atoms with van der Waals surface area (Å²) < 4.78 is 27.8. The van der Waals surface area contributed by atoms with Gasteiger partial charge in [-0.25, -0.2) is 13.1 Å². The van der Waals surface area contributed by atoms with Crippen LogP contribution in [0.5, 0.6) is 0 Å². The molecule has 2 aromatic carbocycles. The van der Waals surface area contributed by atoms with Gasteiger partial charge in [-0.3, -0.25) is 9.69 Å². The number of hydrogen-bond donors (Lipinski definition) is 1. The highest BCUT2D eigenvalue weighted by molar-refractivity contribution is 7.89. The highest BCUT2D eigenvalue weighted by Crippen LogP contribution is 2.25. The van der Waals surface area contributed by atoms with E-state index < -0.39 is 10.0 Å². The van der Waals surface area contributed by atoms with Crippen molar-refractivity contribution in [3.05, 3.63) is 65.2 Å². The third kappa shape index (κ3) is 5.05.